The van der Waals surface area contributed by atoms with Crippen LogP contribution >= 0.6 is 11.3 Å². The van der Waals surface area contributed by atoms with Crippen LogP contribution in [0.2, 0.25) is 0 Å². The van der Waals surface area contributed by atoms with E-state index >= 15 is 0 Å². The number of hydrogen-bond acceptors (Lipinski definition) is 7. The Balaban J connectivity index is 1.82. The number of anilines is 1. The summed E-state index contributed by atoms with van der Waals surface area (Å²) >= 11 is 1.38. The molecule has 8 nitrogen and oxygen atoms in total. The van der Waals surface area contributed by atoms with Crippen molar-refractivity contribution in [2.45, 2.75) is 17.5 Å². The number of nitrogens with zero attached hydrogens (tertiary/aromatic N) is 2. The van der Waals surface area contributed by atoms with Crippen LogP contribution in [0, 0.1) is 0 Å². The third-order valence-electron chi connectivity index (χ3n) is 5.46. The highest BCUT2D eigenvalue weighted by molar-refractivity contribution is 7.89. The number of carbonyl (C=O) groups is 2. The van der Waals surface area contributed by atoms with E-state index in [1.807, 2.05) is 0 Å². The highest BCUT2D eigenvalue weighted by atomic mass is 32.2. The van der Waals surface area contributed by atoms with E-state index in [0.717, 1.165) is 4.31 Å². The minimum atomic E-state index is -4.12. The molecular weight excluding hydrogens is 464 g/mol. The summed E-state index contributed by atoms with van der Waals surface area (Å²) in [6.45, 7) is -0.286. The minimum Gasteiger partial charge on any atom is -0.497 e. The van der Waals surface area contributed by atoms with Gasteiger partial charge in [-0.1, -0.05) is 18.2 Å². The third-order valence-corrected chi connectivity index (χ3v) is 8.02. The maximum absolute atomic E-state index is 13.7. The van der Waals surface area contributed by atoms with Crippen LogP contribution in [0.3, 0.4) is 0 Å². The van der Waals surface area contributed by atoms with E-state index in [0.29, 0.717) is 22.6 Å². The summed E-state index contributed by atoms with van der Waals surface area (Å²) in [5.74, 6) is -0.559. The normalized spacial score (nSPS) is 16.5. The Morgan fingerprint density at radius 3 is 2.39 bits per heavy atom. The first-order valence-corrected chi connectivity index (χ1v) is 12.4. The van der Waals surface area contributed by atoms with Gasteiger partial charge in [0.25, 0.3) is 5.91 Å². The second-order valence-corrected chi connectivity index (χ2v) is 9.99. The van der Waals surface area contributed by atoms with Crippen molar-refractivity contribution in [1.29, 1.82) is 0 Å². The first-order chi connectivity index (χ1) is 15.9. The van der Waals surface area contributed by atoms with Crippen LogP contribution in [-0.4, -0.2) is 51.4 Å². The molecule has 1 amide bonds. The SMILES string of the molecule is COC(=O)C1CN(C(=O)c2ccsc2)c2ccccc2CN1S(=O)(=O)c1ccc(OC)cc1. The van der Waals surface area contributed by atoms with E-state index in [9.17, 15) is 18.0 Å². The Hall–Kier alpha value is -3.21. The molecule has 1 atom stereocenters. The van der Waals surface area contributed by atoms with E-state index < -0.39 is 22.0 Å². The van der Waals surface area contributed by atoms with Crippen molar-refractivity contribution in [2.24, 2.45) is 0 Å². The lowest BCUT2D eigenvalue weighted by molar-refractivity contribution is -0.144. The first kappa shape index (κ1) is 23.0. The number of hydrogen-bond donors (Lipinski definition) is 0. The largest absolute Gasteiger partial charge is 0.497 e. The number of amides is 1. The molecule has 0 radical (unpaired) electrons. The monoisotopic (exact) mass is 486 g/mol. The van der Waals surface area contributed by atoms with Crippen LogP contribution in [0.15, 0.2) is 70.3 Å². The smallest absolute Gasteiger partial charge is 0.326 e. The summed E-state index contributed by atoms with van der Waals surface area (Å²) in [5, 5.41) is 3.50. The molecule has 1 aliphatic rings. The molecule has 0 N–H and O–H groups in total. The minimum absolute atomic E-state index is 0.00675. The zero-order valence-electron chi connectivity index (χ0n) is 18.0. The molecule has 172 valence electrons. The van der Waals surface area contributed by atoms with Gasteiger partial charge in [-0.05, 0) is 47.3 Å². The van der Waals surface area contributed by atoms with E-state index in [-0.39, 0.29) is 23.9 Å². The standard InChI is InChI=1S/C23H22N2O6S2/c1-30-18-7-9-19(10-8-18)33(28,29)25-13-16-5-3-4-6-20(16)24(14-21(25)23(27)31-2)22(26)17-11-12-32-15-17/h3-12,15,21H,13-14H2,1-2H3. The molecule has 0 saturated heterocycles. The lowest BCUT2D eigenvalue weighted by Gasteiger charge is -2.29. The van der Waals surface area contributed by atoms with E-state index in [1.165, 1.54) is 54.7 Å². The fourth-order valence-corrected chi connectivity index (χ4v) is 5.92. The fourth-order valence-electron chi connectivity index (χ4n) is 3.75. The predicted octanol–water partition coefficient (Wildman–Crippen LogP) is 3.15. The van der Waals surface area contributed by atoms with E-state index in [4.69, 9.17) is 9.47 Å². The van der Waals surface area contributed by atoms with Crippen molar-refractivity contribution < 1.29 is 27.5 Å². The molecule has 2 heterocycles. The van der Waals surface area contributed by atoms with Crippen LogP contribution in [0.25, 0.3) is 0 Å². The van der Waals surface area contributed by atoms with Crippen LogP contribution in [0.1, 0.15) is 15.9 Å². The number of carbonyl (C=O) groups excluding carboxylic acids is 2. The number of para-hydroxylation sites is 1. The second kappa shape index (κ2) is 9.34. The van der Waals surface area contributed by atoms with Gasteiger partial charge >= 0.3 is 5.97 Å². The van der Waals surface area contributed by atoms with Gasteiger partial charge in [0.05, 0.1) is 31.2 Å². The molecule has 0 fully saturated rings. The number of ether oxygens (including phenoxy) is 2. The fraction of sp³-hybridized carbons (Fsp3) is 0.217. The lowest BCUT2D eigenvalue weighted by Crippen LogP contribution is -2.50. The van der Waals surface area contributed by atoms with Crippen molar-refractivity contribution in [3.8, 4) is 5.75 Å². The molecule has 3 aromatic rings. The number of benzene rings is 2. The molecule has 1 aromatic heterocycles. The Bertz CT molecular complexity index is 1260. The first-order valence-electron chi connectivity index (χ1n) is 10.0. The summed E-state index contributed by atoms with van der Waals surface area (Å²) in [4.78, 5) is 27.6. The molecule has 2 aromatic carbocycles. The van der Waals surface area contributed by atoms with Crippen LogP contribution in [-0.2, 0) is 26.1 Å². The highest BCUT2D eigenvalue weighted by Gasteiger charge is 2.42. The van der Waals surface area contributed by atoms with Gasteiger partial charge < -0.3 is 14.4 Å². The van der Waals surface area contributed by atoms with Gasteiger partial charge in [-0.3, -0.25) is 9.59 Å². The zero-order valence-corrected chi connectivity index (χ0v) is 19.6. The summed E-state index contributed by atoms with van der Waals surface area (Å²) in [6, 6.07) is 13.4. The number of esters is 1. The van der Waals surface area contributed by atoms with Gasteiger partial charge in [0.15, 0.2) is 0 Å². The quantitative estimate of drug-likeness (QED) is 0.515. The number of thiophene rings is 1. The molecule has 1 aliphatic heterocycles. The average Bonchev–Trinajstić information content (AvgIpc) is 3.32. The van der Waals surface area contributed by atoms with Crippen molar-refractivity contribution in [2.75, 3.05) is 25.7 Å². The Labute approximate surface area is 196 Å². The molecule has 10 heteroatoms. The topological polar surface area (TPSA) is 93.2 Å². The van der Waals surface area contributed by atoms with Gasteiger partial charge in [0.1, 0.15) is 11.8 Å². The number of sulfonamides is 1. The molecule has 0 aliphatic carbocycles. The van der Waals surface area contributed by atoms with Crippen LogP contribution in [0.5, 0.6) is 5.75 Å². The average molecular weight is 487 g/mol. The molecular formula is C23H22N2O6S2. The van der Waals surface area contributed by atoms with Gasteiger partial charge in [-0.25, -0.2) is 8.42 Å². The van der Waals surface area contributed by atoms with Gasteiger partial charge in [0, 0.05) is 17.6 Å². The summed E-state index contributed by atoms with van der Waals surface area (Å²) < 4.78 is 38.5. The van der Waals surface area contributed by atoms with Crippen molar-refractivity contribution in [3.05, 3.63) is 76.5 Å². The summed E-state index contributed by atoms with van der Waals surface area (Å²) in [7, 11) is -1.43. The molecule has 4 rings (SSSR count). The summed E-state index contributed by atoms with van der Waals surface area (Å²) in [5.41, 5.74) is 1.62. The summed E-state index contributed by atoms with van der Waals surface area (Å²) in [6.07, 6.45) is 0. The van der Waals surface area contributed by atoms with E-state index in [1.54, 1.807) is 41.1 Å². The maximum atomic E-state index is 13.7. The van der Waals surface area contributed by atoms with Crippen LogP contribution in [0.4, 0.5) is 5.69 Å². The van der Waals surface area contributed by atoms with E-state index in [2.05, 4.69) is 0 Å². The number of methoxy groups -OCH3 is 2. The highest BCUT2D eigenvalue weighted by Crippen LogP contribution is 2.33. The Morgan fingerprint density at radius 2 is 1.76 bits per heavy atom. The van der Waals surface area contributed by atoms with Gasteiger partial charge in [-0.15, -0.1) is 0 Å². The molecule has 0 saturated carbocycles. The van der Waals surface area contributed by atoms with Crippen molar-refractivity contribution in [3.63, 3.8) is 0 Å². The Kier molecular flexibility index (Phi) is 6.50. The molecule has 33 heavy (non-hydrogen) atoms. The van der Waals surface area contributed by atoms with Crippen molar-refractivity contribution in [1.82, 2.24) is 4.31 Å². The van der Waals surface area contributed by atoms with Gasteiger partial charge in [-0.2, -0.15) is 15.6 Å². The molecule has 0 bridgehead atoms. The third kappa shape index (κ3) is 4.37. The Morgan fingerprint density at radius 1 is 1.03 bits per heavy atom. The maximum Gasteiger partial charge on any atom is 0.326 e. The zero-order chi connectivity index (χ0) is 23.6. The van der Waals surface area contributed by atoms with Gasteiger partial charge in [0.2, 0.25) is 10.0 Å². The number of rotatable bonds is 5. The lowest BCUT2D eigenvalue weighted by atomic mass is 10.1. The number of fused-ring (bicyclic) bond motifs is 1. The predicted molar refractivity (Wildman–Crippen MR) is 124 cm³/mol. The molecule has 1 unspecified atom stereocenters. The van der Waals surface area contributed by atoms with Crippen molar-refractivity contribution >= 4 is 38.9 Å². The van der Waals surface area contributed by atoms with Crippen LogP contribution < -0.4 is 9.64 Å². The molecule has 0 spiro atoms. The second-order valence-electron chi connectivity index (χ2n) is 7.32.